The Balaban J connectivity index is 0. The largest absolute Gasteiger partial charge is 0.245 e. The Bertz CT molecular complexity index is 253. The fourth-order valence-electron chi connectivity index (χ4n) is 1.34. The van der Waals surface area contributed by atoms with Gasteiger partial charge in [0.2, 0.25) is 0 Å². The number of allylic oxidation sites excluding steroid dienone is 6. The molecule has 0 aliphatic rings. The van der Waals surface area contributed by atoms with Crippen molar-refractivity contribution in [3.63, 3.8) is 0 Å². The molecule has 0 atom stereocenters. The van der Waals surface area contributed by atoms with Crippen LogP contribution in [0.2, 0.25) is 0 Å². The van der Waals surface area contributed by atoms with E-state index in [1.54, 1.807) is 0 Å². The molecule has 0 radical (unpaired) electrons. The molecular weight excluding hydrogens is 418 g/mol. The average molecular weight is 443 g/mol. The summed E-state index contributed by atoms with van der Waals surface area (Å²) in [4.78, 5) is 0. The van der Waals surface area contributed by atoms with Crippen molar-refractivity contribution in [2.75, 3.05) is 0 Å². The van der Waals surface area contributed by atoms with Gasteiger partial charge in [0.15, 0.2) is 0 Å². The first-order valence-corrected chi connectivity index (χ1v) is 5.80. The summed E-state index contributed by atoms with van der Waals surface area (Å²) in [6.45, 7) is 12.4. The van der Waals surface area contributed by atoms with Crippen molar-refractivity contribution in [3.8, 4) is 0 Å². The average Bonchev–Trinajstić information content (AvgIpc) is 2.17. The van der Waals surface area contributed by atoms with Crippen LogP contribution in [0.25, 0.3) is 0 Å². The van der Waals surface area contributed by atoms with Crippen LogP contribution in [0.3, 0.4) is 0 Å². The molecule has 0 aromatic rings. The van der Waals surface area contributed by atoms with E-state index in [4.69, 9.17) is 0 Å². The second-order valence-electron chi connectivity index (χ2n) is 4.46. The SMILES string of the molecule is [CH2-]/C=C(\C)CC/C=C(\C)CCC=C(C)C.[U]. The van der Waals surface area contributed by atoms with Crippen LogP contribution < -0.4 is 0 Å². The molecule has 0 spiro atoms. The van der Waals surface area contributed by atoms with Crippen LogP contribution in [0.1, 0.15) is 53.4 Å². The van der Waals surface area contributed by atoms with E-state index in [0.717, 1.165) is 12.8 Å². The molecular formula is C15H25U-. The van der Waals surface area contributed by atoms with Gasteiger partial charge in [0.05, 0.1) is 0 Å². The van der Waals surface area contributed by atoms with Crippen molar-refractivity contribution >= 4 is 0 Å². The van der Waals surface area contributed by atoms with Crippen LogP contribution in [0.5, 0.6) is 0 Å². The first-order valence-electron chi connectivity index (χ1n) is 5.80. The van der Waals surface area contributed by atoms with E-state index in [1.807, 2.05) is 6.08 Å². The molecule has 90 valence electrons. The molecule has 0 aliphatic heterocycles. The van der Waals surface area contributed by atoms with E-state index < -0.39 is 0 Å². The molecule has 0 aliphatic carbocycles. The van der Waals surface area contributed by atoms with Crippen LogP contribution in [0.15, 0.2) is 34.9 Å². The first kappa shape index (κ1) is 18.5. The normalized spacial score (nSPS) is 12.0. The Morgan fingerprint density at radius 1 is 0.875 bits per heavy atom. The standard InChI is InChI=1S/C15H25.U/c1-6-14(4)10-8-12-15(5)11-7-9-13(2)3;/h6,9,12H,1,7-8,10-11H2,2-5H3;/q-1;/b14-6+,15-12+;. The maximum atomic E-state index is 3.76. The molecule has 16 heavy (non-hydrogen) atoms. The fourth-order valence-corrected chi connectivity index (χ4v) is 1.34. The topological polar surface area (TPSA) is 0 Å². The van der Waals surface area contributed by atoms with Gasteiger partial charge in [0.25, 0.3) is 0 Å². The van der Waals surface area contributed by atoms with E-state index in [9.17, 15) is 0 Å². The maximum absolute atomic E-state index is 3.76. The van der Waals surface area contributed by atoms with E-state index in [1.165, 1.54) is 29.6 Å². The van der Waals surface area contributed by atoms with Crippen molar-refractivity contribution in [1.29, 1.82) is 0 Å². The van der Waals surface area contributed by atoms with E-state index in [2.05, 4.69) is 46.8 Å². The molecule has 0 amide bonds. The zero-order chi connectivity index (χ0) is 11.7. The Morgan fingerprint density at radius 2 is 1.38 bits per heavy atom. The van der Waals surface area contributed by atoms with Gasteiger partial charge in [-0.3, -0.25) is 0 Å². The Kier molecular flexibility index (Phi) is 13.4. The van der Waals surface area contributed by atoms with E-state index in [0.29, 0.717) is 0 Å². The molecule has 0 rings (SSSR count). The summed E-state index contributed by atoms with van der Waals surface area (Å²) in [5.74, 6) is 0. The van der Waals surface area contributed by atoms with Crippen molar-refractivity contribution in [2.24, 2.45) is 0 Å². The third-order valence-electron chi connectivity index (χ3n) is 2.47. The summed E-state index contributed by atoms with van der Waals surface area (Å²) in [7, 11) is 0. The van der Waals surface area contributed by atoms with Gasteiger partial charge in [-0.1, -0.05) is 29.7 Å². The van der Waals surface area contributed by atoms with Gasteiger partial charge in [-0.05, 0) is 40.0 Å². The molecule has 0 unspecified atom stereocenters. The second kappa shape index (κ2) is 11.6. The molecule has 0 aromatic carbocycles. The van der Waals surface area contributed by atoms with Gasteiger partial charge < -0.3 is 0 Å². The first-order chi connectivity index (χ1) is 7.06. The minimum atomic E-state index is 0. The summed E-state index contributed by atoms with van der Waals surface area (Å²) < 4.78 is 0. The van der Waals surface area contributed by atoms with Crippen LogP contribution in [0.4, 0.5) is 0 Å². The van der Waals surface area contributed by atoms with Crippen molar-refractivity contribution in [3.05, 3.63) is 41.9 Å². The predicted octanol–water partition coefficient (Wildman–Crippen LogP) is 5.24. The van der Waals surface area contributed by atoms with Gasteiger partial charge in [0, 0.05) is 31.1 Å². The summed E-state index contributed by atoms with van der Waals surface area (Å²) in [5, 5.41) is 0. The Morgan fingerprint density at radius 3 is 1.88 bits per heavy atom. The minimum Gasteiger partial charge on any atom is -0.245 e. The third kappa shape index (κ3) is 12.2. The second-order valence-corrected chi connectivity index (χ2v) is 4.46. The predicted molar refractivity (Wildman–Crippen MR) is 70.8 cm³/mol. The maximum Gasteiger partial charge on any atom is 0 e. The van der Waals surface area contributed by atoms with E-state index in [-0.39, 0.29) is 31.1 Å². The smallest absolute Gasteiger partial charge is 0 e. The van der Waals surface area contributed by atoms with Crippen LogP contribution >= 0.6 is 0 Å². The van der Waals surface area contributed by atoms with Crippen molar-refractivity contribution in [1.82, 2.24) is 0 Å². The van der Waals surface area contributed by atoms with Crippen molar-refractivity contribution < 1.29 is 31.1 Å². The Labute approximate surface area is 126 Å². The van der Waals surface area contributed by atoms with Crippen molar-refractivity contribution in [2.45, 2.75) is 53.4 Å². The summed E-state index contributed by atoms with van der Waals surface area (Å²) >= 11 is 0. The van der Waals surface area contributed by atoms with Crippen LogP contribution in [0, 0.1) is 38.0 Å². The van der Waals surface area contributed by atoms with Gasteiger partial charge in [-0.25, -0.2) is 18.6 Å². The quantitative estimate of drug-likeness (QED) is 0.389. The molecule has 0 fully saturated rings. The summed E-state index contributed by atoms with van der Waals surface area (Å²) in [6, 6.07) is 0. The number of hydrogen-bond donors (Lipinski definition) is 0. The van der Waals surface area contributed by atoms with Gasteiger partial charge in [-0.2, -0.15) is 0 Å². The molecule has 1 heteroatoms. The monoisotopic (exact) mass is 443 g/mol. The van der Waals surface area contributed by atoms with Crippen LogP contribution in [-0.2, 0) is 0 Å². The molecule has 0 saturated heterocycles. The summed E-state index contributed by atoms with van der Waals surface area (Å²) in [5.41, 5.74) is 4.30. The number of hydrogen-bond acceptors (Lipinski definition) is 0. The fraction of sp³-hybridized carbons (Fsp3) is 0.533. The van der Waals surface area contributed by atoms with Crippen LogP contribution in [-0.4, -0.2) is 0 Å². The van der Waals surface area contributed by atoms with Gasteiger partial charge in [0.1, 0.15) is 0 Å². The molecule has 0 saturated carbocycles. The third-order valence-corrected chi connectivity index (χ3v) is 2.47. The minimum absolute atomic E-state index is 0. The molecule has 0 N–H and O–H groups in total. The zero-order valence-electron chi connectivity index (χ0n) is 11.3. The van der Waals surface area contributed by atoms with E-state index >= 15 is 0 Å². The molecule has 0 nitrogen and oxygen atoms in total. The molecule has 0 aromatic heterocycles. The van der Waals surface area contributed by atoms with Gasteiger partial charge in [-0.15, -0.1) is 6.92 Å². The number of rotatable bonds is 6. The molecule has 0 heterocycles. The summed E-state index contributed by atoms with van der Waals surface area (Å²) in [6.07, 6.45) is 11.3. The van der Waals surface area contributed by atoms with Gasteiger partial charge >= 0.3 is 0 Å². The zero-order valence-corrected chi connectivity index (χ0v) is 15.4. The molecule has 0 bridgehead atoms. The Hall–Kier alpha value is 0.142.